The van der Waals surface area contributed by atoms with E-state index in [1.165, 1.54) is 5.56 Å². The van der Waals surface area contributed by atoms with Crippen LogP contribution >= 0.6 is 0 Å². The number of aryl methyl sites for hydroxylation is 1. The molecule has 0 radical (unpaired) electrons. The normalized spacial score (nSPS) is 33.1. The van der Waals surface area contributed by atoms with Crippen LogP contribution in [0.15, 0.2) is 60.7 Å². The molecule has 2 aliphatic rings. The van der Waals surface area contributed by atoms with Crippen LogP contribution in [0.2, 0.25) is 0 Å². The zero-order valence-corrected chi connectivity index (χ0v) is 16.5. The quantitative estimate of drug-likeness (QED) is 0.776. The summed E-state index contributed by atoms with van der Waals surface area (Å²) in [6.07, 6.45) is -3.49. The van der Waals surface area contributed by atoms with E-state index in [2.05, 4.69) is 12.1 Å². The van der Waals surface area contributed by atoms with E-state index in [0.717, 1.165) is 18.4 Å². The molecule has 2 saturated heterocycles. The predicted octanol–water partition coefficient (Wildman–Crippen LogP) is 2.59. The van der Waals surface area contributed by atoms with Gasteiger partial charge in [-0.15, -0.1) is 0 Å². The summed E-state index contributed by atoms with van der Waals surface area (Å²) < 4.78 is 23.5. The highest BCUT2D eigenvalue weighted by atomic mass is 16.8. The Morgan fingerprint density at radius 2 is 1.66 bits per heavy atom. The van der Waals surface area contributed by atoms with Crippen molar-refractivity contribution in [3.63, 3.8) is 0 Å². The van der Waals surface area contributed by atoms with Gasteiger partial charge in [0.2, 0.25) is 0 Å². The Balaban J connectivity index is 1.33. The van der Waals surface area contributed by atoms with Crippen molar-refractivity contribution in [2.75, 3.05) is 6.61 Å². The molecule has 2 aliphatic heterocycles. The highest BCUT2D eigenvalue weighted by Crippen LogP contribution is 2.34. The van der Waals surface area contributed by atoms with Gasteiger partial charge in [0.25, 0.3) is 0 Å². The van der Waals surface area contributed by atoms with Gasteiger partial charge in [0.1, 0.15) is 24.4 Å². The Morgan fingerprint density at radius 3 is 2.38 bits per heavy atom. The zero-order chi connectivity index (χ0) is 20.2. The Bertz CT molecular complexity index is 752. The molecule has 2 N–H and O–H groups in total. The molecule has 4 rings (SSSR count). The third-order valence-corrected chi connectivity index (χ3v) is 5.45. The smallest absolute Gasteiger partial charge is 0.186 e. The molecule has 0 bridgehead atoms. The second-order valence-corrected chi connectivity index (χ2v) is 7.67. The molecule has 2 aromatic rings. The van der Waals surface area contributed by atoms with E-state index in [0.29, 0.717) is 0 Å². The van der Waals surface area contributed by atoms with Gasteiger partial charge in [-0.2, -0.15) is 0 Å². The molecular weight excluding hydrogens is 372 g/mol. The molecule has 0 spiro atoms. The van der Waals surface area contributed by atoms with Crippen molar-refractivity contribution in [1.29, 1.82) is 0 Å². The van der Waals surface area contributed by atoms with Crippen LogP contribution in [0, 0.1) is 0 Å². The monoisotopic (exact) mass is 400 g/mol. The predicted molar refractivity (Wildman–Crippen MR) is 106 cm³/mol. The van der Waals surface area contributed by atoms with Crippen molar-refractivity contribution in [3.05, 3.63) is 71.8 Å². The summed E-state index contributed by atoms with van der Waals surface area (Å²) in [5.74, 6) is 0. The lowest BCUT2D eigenvalue weighted by molar-refractivity contribution is -0.365. The van der Waals surface area contributed by atoms with Crippen LogP contribution in [-0.4, -0.2) is 53.6 Å². The molecule has 2 fully saturated rings. The Hall–Kier alpha value is -1.80. The maximum Gasteiger partial charge on any atom is 0.186 e. The first-order chi connectivity index (χ1) is 14.1. The number of rotatable bonds is 6. The molecule has 0 saturated carbocycles. The topological polar surface area (TPSA) is 77.4 Å². The molecule has 2 aromatic carbocycles. The van der Waals surface area contributed by atoms with E-state index >= 15 is 0 Å². The van der Waals surface area contributed by atoms with Gasteiger partial charge in [-0.3, -0.25) is 0 Å². The Labute approximate surface area is 171 Å². The van der Waals surface area contributed by atoms with Gasteiger partial charge in [0, 0.05) is 5.56 Å². The van der Waals surface area contributed by atoms with Crippen molar-refractivity contribution < 1.29 is 29.2 Å². The van der Waals surface area contributed by atoms with Gasteiger partial charge < -0.3 is 29.2 Å². The number of fused-ring (bicyclic) bond motifs is 1. The second kappa shape index (κ2) is 9.34. The largest absolute Gasteiger partial charge is 0.387 e. The molecule has 2 heterocycles. The number of aliphatic hydroxyl groups is 2. The number of aliphatic hydroxyl groups excluding tert-OH is 2. The molecule has 6 heteroatoms. The zero-order valence-electron chi connectivity index (χ0n) is 16.5. The van der Waals surface area contributed by atoms with Crippen molar-refractivity contribution in [1.82, 2.24) is 0 Å². The maximum absolute atomic E-state index is 10.6. The van der Waals surface area contributed by atoms with Crippen LogP contribution < -0.4 is 0 Å². The first-order valence-corrected chi connectivity index (χ1v) is 10.1. The van der Waals surface area contributed by atoms with E-state index in [-0.39, 0.29) is 12.7 Å². The fourth-order valence-electron chi connectivity index (χ4n) is 3.78. The number of ether oxygens (including phenoxy) is 4. The average Bonchev–Trinajstić information content (AvgIpc) is 2.77. The highest BCUT2D eigenvalue weighted by molar-refractivity contribution is 5.17. The van der Waals surface area contributed by atoms with Crippen LogP contribution in [0.3, 0.4) is 0 Å². The summed E-state index contributed by atoms with van der Waals surface area (Å²) in [5, 5.41) is 21.2. The van der Waals surface area contributed by atoms with E-state index in [1.54, 1.807) is 0 Å². The summed E-state index contributed by atoms with van der Waals surface area (Å²) in [4.78, 5) is 0. The summed E-state index contributed by atoms with van der Waals surface area (Å²) in [7, 11) is 0. The Kier molecular flexibility index (Phi) is 6.60. The molecule has 156 valence electrons. The summed E-state index contributed by atoms with van der Waals surface area (Å²) in [5.41, 5.74) is 2.09. The van der Waals surface area contributed by atoms with Crippen LogP contribution in [-0.2, 0) is 25.4 Å². The van der Waals surface area contributed by atoms with Gasteiger partial charge in [-0.1, -0.05) is 60.7 Å². The lowest BCUT2D eigenvalue weighted by Crippen LogP contribution is -2.62. The minimum absolute atomic E-state index is 0.138. The van der Waals surface area contributed by atoms with Gasteiger partial charge in [0.05, 0.1) is 12.7 Å². The van der Waals surface area contributed by atoms with Crippen LogP contribution in [0.4, 0.5) is 0 Å². The maximum atomic E-state index is 10.6. The van der Waals surface area contributed by atoms with Crippen LogP contribution in [0.1, 0.15) is 30.8 Å². The van der Waals surface area contributed by atoms with E-state index in [9.17, 15) is 10.2 Å². The van der Waals surface area contributed by atoms with Gasteiger partial charge in [0.15, 0.2) is 12.6 Å². The standard InChI is InChI=1S/C23H28O6/c1-15(12-13-16-8-4-2-5-9-16)27-23-20(25)19(24)21-18(28-23)14-26-22(29-21)17-10-6-3-7-11-17/h2-11,15,18-25H,12-14H2,1H3/t15-,18+,19+,20+,21+,22-,23+/m0/s1. The van der Waals surface area contributed by atoms with Gasteiger partial charge in [-0.25, -0.2) is 0 Å². The second-order valence-electron chi connectivity index (χ2n) is 7.67. The molecule has 0 aromatic heterocycles. The van der Waals surface area contributed by atoms with Crippen LogP contribution in [0.25, 0.3) is 0 Å². The molecule has 0 unspecified atom stereocenters. The molecule has 0 amide bonds. The fourth-order valence-corrected chi connectivity index (χ4v) is 3.78. The molecule has 0 aliphatic carbocycles. The number of benzene rings is 2. The minimum Gasteiger partial charge on any atom is -0.387 e. The van der Waals surface area contributed by atoms with Crippen LogP contribution in [0.5, 0.6) is 0 Å². The summed E-state index contributed by atoms with van der Waals surface area (Å²) >= 11 is 0. The third-order valence-electron chi connectivity index (χ3n) is 5.45. The molecule has 6 nitrogen and oxygen atoms in total. The van der Waals surface area contributed by atoms with Crippen molar-refractivity contribution in [3.8, 4) is 0 Å². The van der Waals surface area contributed by atoms with Crippen molar-refractivity contribution in [2.45, 2.75) is 62.9 Å². The van der Waals surface area contributed by atoms with Crippen molar-refractivity contribution in [2.24, 2.45) is 0 Å². The fraction of sp³-hybridized carbons (Fsp3) is 0.478. The van der Waals surface area contributed by atoms with Gasteiger partial charge >= 0.3 is 0 Å². The third kappa shape index (κ3) is 4.86. The lowest BCUT2D eigenvalue weighted by atomic mass is 9.97. The molecule has 7 atom stereocenters. The number of hydrogen-bond acceptors (Lipinski definition) is 6. The van der Waals surface area contributed by atoms with E-state index in [4.69, 9.17) is 18.9 Å². The first-order valence-electron chi connectivity index (χ1n) is 10.1. The average molecular weight is 400 g/mol. The summed E-state index contributed by atoms with van der Waals surface area (Å²) in [6.45, 7) is 2.20. The van der Waals surface area contributed by atoms with E-state index in [1.807, 2.05) is 55.5 Å². The highest BCUT2D eigenvalue weighted by Gasteiger charge is 2.49. The SMILES string of the molecule is C[C@@H](CCc1ccccc1)O[C@@H]1O[C@@H]2CO[C@H](c3ccccc3)O[C@H]2[C@H](O)[C@H]1O. The Morgan fingerprint density at radius 1 is 0.966 bits per heavy atom. The summed E-state index contributed by atoms with van der Waals surface area (Å²) in [6, 6.07) is 19.7. The minimum atomic E-state index is -1.19. The lowest BCUT2D eigenvalue weighted by Gasteiger charge is -2.46. The van der Waals surface area contributed by atoms with Gasteiger partial charge in [-0.05, 0) is 25.3 Å². The van der Waals surface area contributed by atoms with Crippen molar-refractivity contribution >= 4 is 0 Å². The molecular formula is C23H28O6. The van der Waals surface area contributed by atoms with E-state index < -0.39 is 37.0 Å². The number of hydrogen-bond donors (Lipinski definition) is 2. The first kappa shape index (κ1) is 20.5. The molecule has 29 heavy (non-hydrogen) atoms.